The van der Waals surface area contributed by atoms with E-state index in [1.165, 1.54) is 18.2 Å². The zero-order valence-corrected chi connectivity index (χ0v) is 11.9. The van der Waals surface area contributed by atoms with Gasteiger partial charge in [0.2, 0.25) is 0 Å². The molecule has 4 nitrogen and oxygen atoms in total. The molecule has 0 saturated heterocycles. The highest BCUT2D eigenvalue weighted by atomic mass is 19.1. The molecule has 0 spiro atoms. The lowest BCUT2D eigenvalue weighted by atomic mass is 10.2. The molecule has 2 aromatic rings. The summed E-state index contributed by atoms with van der Waals surface area (Å²) in [5, 5.41) is 2.70. The van der Waals surface area contributed by atoms with Crippen LogP contribution in [-0.2, 0) is 4.79 Å². The van der Waals surface area contributed by atoms with Crippen molar-refractivity contribution in [1.29, 1.82) is 0 Å². The number of carbonyl (C=O) groups is 1. The van der Waals surface area contributed by atoms with Crippen molar-refractivity contribution in [2.24, 2.45) is 0 Å². The van der Waals surface area contributed by atoms with Crippen LogP contribution in [0.4, 0.5) is 15.8 Å². The molecular weight excluding hydrogens is 271 g/mol. The Bertz CT molecular complexity index is 658. The third kappa shape index (κ3) is 3.72. The third-order valence-corrected chi connectivity index (χ3v) is 3.03. The average molecular weight is 288 g/mol. The molecule has 5 heteroatoms. The van der Waals surface area contributed by atoms with E-state index in [4.69, 9.17) is 10.5 Å². The smallest absolute Gasteiger partial charge is 0.265 e. The third-order valence-electron chi connectivity index (χ3n) is 3.03. The Kier molecular flexibility index (Phi) is 4.42. The van der Waals surface area contributed by atoms with Crippen molar-refractivity contribution in [3.8, 4) is 5.75 Å². The van der Waals surface area contributed by atoms with Gasteiger partial charge in [-0.2, -0.15) is 0 Å². The number of nitrogens with one attached hydrogen (secondary N) is 1. The van der Waals surface area contributed by atoms with Crippen LogP contribution in [0.25, 0.3) is 0 Å². The topological polar surface area (TPSA) is 64.3 Å². The van der Waals surface area contributed by atoms with Gasteiger partial charge in [0.1, 0.15) is 11.6 Å². The number of halogens is 1. The first-order valence-electron chi connectivity index (χ1n) is 6.55. The summed E-state index contributed by atoms with van der Waals surface area (Å²) in [6, 6.07) is 11.1. The molecule has 1 unspecified atom stereocenters. The number of aryl methyl sites for hydroxylation is 1. The molecule has 110 valence electrons. The largest absolute Gasteiger partial charge is 0.481 e. The van der Waals surface area contributed by atoms with Crippen molar-refractivity contribution < 1.29 is 13.9 Å². The van der Waals surface area contributed by atoms with Gasteiger partial charge >= 0.3 is 0 Å². The highest BCUT2D eigenvalue weighted by Crippen LogP contribution is 2.21. The monoisotopic (exact) mass is 288 g/mol. The molecule has 3 N–H and O–H groups in total. The van der Waals surface area contributed by atoms with E-state index < -0.39 is 6.10 Å². The van der Waals surface area contributed by atoms with Crippen LogP contribution in [0.15, 0.2) is 42.5 Å². The number of rotatable bonds is 4. The standard InChI is InChI=1S/C16H17FN2O2/c1-10-9-12(17)7-8-15(10)21-11(2)16(20)19-14-6-4-3-5-13(14)18/h3-9,11H,18H2,1-2H3,(H,19,20). The molecule has 21 heavy (non-hydrogen) atoms. The number of carbonyl (C=O) groups excluding carboxylic acids is 1. The van der Waals surface area contributed by atoms with Crippen LogP contribution in [0.3, 0.4) is 0 Å². The molecule has 0 aliphatic rings. The fourth-order valence-electron chi connectivity index (χ4n) is 1.83. The van der Waals surface area contributed by atoms with Gasteiger partial charge in [-0.05, 0) is 49.7 Å². The van der Waals surface area contributed by atoms with Gasteiger partial charge in [-0.1, -0.05) is 12.1 Å². The summed E-state index contributed by atoms with van der Waals surface area (Å²) in [6.45, 7) is 3.34. The lowest BCUT2D eigenvalue weighted by Crippen LogP contribution is -2.30. The summed E-state index contributed by atoms with van der Waals surface area (Å²) in [7, 11) is 0. The number of hydrogen-bond donors (Lipinski definition) is 2. The molecule has 1 amide bonds. The highest BCUT2D eigenvalue weighted by Gasteiger charge is 2.16. The van der Waals surface area contributed by atoms with Crippen LogP contribution < -0.4 is 15.8 Å². The van der Waals surface area contributed by atoms with Crippen molar-refractivity contribution in [2.75, 3.05) is 11.1 Å². The summed E-state index contributed by atoms with van der Waals surface area (Å²) < 4.78 is 18.6. The minimum absolute atomic E-state index is 0.323. The average Bonchev–Trinajstić information content (AvgIpc) is 2.44. The molecule has 2 aromatic carbocycles. The van der Waals surface area contributed by atoms with Gasteiger partial charge in [0.15, 0.2) is 6.10 Å². The number of para-hydroxylation sites is 2. The Morgan fingerprint density at radius 1 is 1.29 bits per heavy atom. The first kappa shape index (κ1) is 14.8. The quantitative estimate of drug-likeness (QED) is 0.850. The van der Waals surface area contributed by atoms with E-state index in [1.807, 2.05) is 0 Å². The van der Waals surface area contributed by atoms with Crippen molar-refractivity contribution in [3.05, 3.63) is 53.8 Å². The zero-order chi connectivity index (χ0) is 15.4. The van der Waals surface area contributed by atoms with Crippen molar-refractivity contribution in [3.63, 3.8) is 0 Å². The highest BCUT2D eigenvalue weighted by molar-refractivity contribution is 5.96. The van der Waals surface area contributed by atoms with Crippen molar-refractivity contribution >= 4 is 17.3 Å². The number of amides is 1. The van der Waals surface area contributed by atoms with Crippen LogP contribution in [0.2, 0.25) is 0 Å². The van der Waals surface area contributed by atoms with Crippen LogP contribution in [0.1, 0.15) is 12.5 Å². The van der Waals surface area contributed by atoms with Crippen molar-refractivity contribution in [2.45, 2.75) is 20.0 Å². The maximum atomic E-state index is 13.0. The van der Waals surface area contributed by atoms with Gasteiger partial charge in [0.25, 0.3) is 5.91 Å². The van der Waals surface area contributed by atoms with Gasteiger partial charge in [-0.3, -0.25) is 4.79 Å². The minimum Gasteiger partial charge on any atom is -0.481 e. The normalized spacial score (nSPS) is 11.8. The fourth-order valence-corrected chi connectivity index (χ4v) is 1.83. The number of benzene rings is 2. The number of hydrogen-bond acceptors (Lipinski definition) is 3. The first-order valence-corrected chi connectivity index (χ1v) is 6.55. The SMILES string of the molecule is Cc1cc(F)ccc1OC(C)C(=O)Nc1ccccc1N. The molecule has 2 rings (SSSR count). The summed E-state index contributed by atoms with van der Waals surface area (Å²) in [5.41, 5.74) is 7.42. The predicted molar refractivity (Wildman–Crippen MR) is 80.7 cm³/mol. The van der Waals surface area contributed by atoms with Crippen LogP contribution in [0, 0.1) is 12.7 Å². The number of nitrogens with two attached hydrogens (primary N) is 1. The van der Waals surface area contributed by atoms with E-state index >= 15 is 0 Å². The number of nitrogen functional groups attached to an aromatic ring is 1. The Balaban J connectivity index is 2.04. The molecule has 0 aliphatic heterocycles. The summed E-state index contributed by atoms with van der Waals surface area (Å²) in [4.78, 5) is 12.1. The second-order valence-electron chi connectivity index (χ2n) is 4.75. The molecule has 0 bridgehead atoms. The maximum Gasteiger partial charge on any atom is 0.265 e. The van der Waals surface area contributed by atoms with Gasteiger partial charge in [0.05, 0.1) is 11.4 Å². The molecule has 0 fully saturated rings. The Labute approximate surface area is 122 Å². The van der Waals surface area contributed by atoms with E-state index in [2.05, 4.69) is 5.32 Å². The predicted octanol–water partition coefficient (Wildman–Crippen LogP) is 3.12. The molecule has 1 atom stereocenters. The molecule has 0 radical (unpaired) electrons. The number of anilines is 2. The maximum absolute atomic E-state index is 13.0. The van der Waals surface area contributed by atoms with Gasteiger partial charge in [-0.25, -0.2) is 4.39 Å². The van der Waals surface area contributed by atoms with Crippen LogP contribution in [0.5, 0.6) is 5.75 Å². The van der Waals surface area contributed by atoms with Crippen LogP contribution >= 0.6 is 0 Å². The second-order valence-corrected chi connectivity index (χ2v) is 4.75. The molecule has 0 aliphatic carbocycles. The minimum atomic E-state index is -0.728. The van der Waals surface area contributed by atoms with Gasteiger partial charge < -0.3 is 15.8 Å². The fraction of sp³-hybridized carbons (Fsp3) is 0.188. The van der Waals surface area contributed by atoms with E-state index in [1.54, 1.807) is 38.1 Å². The van der Waals surface area contributed by atoms with Crippen LogP contribution in [-0.4, -0.2) is 12.0 Å². The first-order chi connectivity index (χ1) is 9.97. The second kappa shape index (κ2) is 6.26. The summed E-state index contributed by atoms with van der Waals surface area (Å²) in [6.07, 6.45) is -0.728. The Morgan fingerprint density at radius 3 is 2.67 bits per heavy atom. The van der Waals surface area contributed by atoms with E-state index in [0.29, 0.717) is 22.7 Å². The number of ether oxygens (including phenoxy) is 1. The molecule has 0 heterocycles. The van der Waals surface area contributed by atoms with E-state index in [-0.39, 0.29) is 11.7 Å². The zero-order valence-electron chi connectivity index (χ0n) is 11.9. The molecule has 0 aromatic heterocycles. The van der Waals surface area contributed by atoms with Crippen molar-refractivity contribution in [1.82, 2.24) is 0 Å². The van der Waals surface area contributed by atoms with Gasteiger partial charge in [-0.15, -0.1) is 0 Å². The van der Waals surface area contributed by atoms with E-state index in [0.717, 1.165) is 0 Å². The summed E-state index contributed by atoms with van der Waals surface area (Å²) >= 11 is 0. The Hall–Kier alpha value is -2.56. The molecular formula is C16H17FN2O2. The van der Waals surface area contributed by atoms with E-state index in [9.17, 15) is 9.18 Å². The molecule has 0 saturated carbocycles. The summed E-state index contributed by atoms with van der Waals surface area (Å²) in [5.74, 6) is -0.189. The lowest BCUT2D eigenvalue weighted by molar-refractivity contribution is -0.122. The van der Waals surface area contributed by atoms with Gasteiger partial charge in [0, 0.05) is 0 Å². The lowest BCUT2D eigenvalue weighted by Gasteiger charge is -2.17. The Morgan fingerprint density at radius 2 is 2.00 bits per heavy atom.